The monoisotopic (exact) mass is 303 g/mol. The van der Waals surface area contributed by atoms with Crippen molar-refractivity contribution >= 4 is 21.8 Å². The Balaban J connectivity index is 2.32. The standard InChI is InChI=1S/C12H15BrFNO2/c1-17-8-10(13)7-15-12(16)6-9-2-4-11(14)5-3-9/h2-5,10H,6-8H2,1H3,(H,15,16). The first-order chi connectivity index (χ1) is 8.11. The van der Waals surface area contributed by atoms with Crippen LogP contribution < -0.4 is 5.32 Å². The molecule has 0 aliphatic carbocycles. The number of alkyl halides is 1. The number of methoxy groups -OCH3 is 1. The van der Waals surface area contributed by atoms with Gasteiger partial charge in [0.25, 0.3) is 0 Å². The van der Waals surface area contributed by atoms with Gasteiger partial charge in [0.15, 0.2) is 0 Å². The minimum absolute atomic E-state index is 0.0860. The first-order valence-corrected chi connectivity index (χ1v) is 6.17. The smallest absolute Gasteiger partial charge is 0.224 e. The van der Waals surface area contributed by atoms with E-state index in [2.05, 4.69) is 21.2 Å². The Morgan fingerprint density at radius 1 is 1.47 bits per heavy atom. The number of rotatable bonds is 6. The Hall–Kier alpha value is -0.940. The third kappa shape index (κ3) is 5.79. The third-order valence-electron chi connectivity index (χ3n) is 2.15. The Bertz CT molecular complexity index is 356. The lowest BCUT2D eigenvalue weighted by atomic mass is 10.1. The molecule has 0 heterocycles. The van der Waals surface area contributed by atoms with Crippen molar-refractivity contribution in [3.05, 3.63) is 35.6 Å². The molecule has 3 nitrogen and oxygen atoms in total. The van der Waals surface area contributed by atoms with Crippen LogP contribution in [0.25, 0.3) is 0 Å². The highest BCUT2D eigenvalue weighted by atomic mass is 79.9. The van der Waals surface area contributed by atoms with Crippen LogP contribution in [0.4, 0.5) is 4.39 Å². The lowest BCUT2D eigenvalue weighted by molar-refractivity contribution is -0.120. The van der Waals surface area contributed by atoms with Crippen LogP contribution in [0.15, 0.2) is 24.3 Å². The second-order valence-electron chi connectivity index (χ2n) is 3.66. The van der Waals surface area contributed by atoms with Crippen molar-refractivity contribution in [2.45, 2.75) is 11.2 Å². The molecule has 1 atom stereocenters. The number of nitrogens with one attached hydrogen (secondary N) is 1. The number of hydrogen-bond acceptors (Lipinski definition) is 2. The van der Waals surface area contributed by atoms with Gasteiger partial charge in [0.05, 0.1) is 17.9 Å². The number of carbonyl (C=O) groups is 1. The van der Waals surface area contributed by atoms with Crippen molar-refractivity contribution < 1.29 is 13.9 Å². The fourth-order valence-corrected chi connectivity index (χ4v) is 1.74. The van der Waals surface area contributed by atoms with Crippen LogP contribution in [-0.4, -0.2) is 31.0 Å². The fourth-order valence-electron chi connectivity index (χ4n) is 1.31. The summed E-state index contributed by atoms with van der Waals surface area (Å²) in [4.78, 5) is 11.6. The molecule has 1 unspecified atom stereocenters. The quantitative estimate of drug-likeness (QED) is 0.815. The van der Waals surface area contributed by atoms with Crippen LogP contribution in [0.3, 0.4) is 0 Å². The summed E-state index contributed by atoms with van der Waals surface area (Å²) in [7, 11) is 1.61. The Kier molecular flexibility index (Phi) is 6.15. The summed E-state index contributed by atoms with van der Waals surface area (Å²) >= 11 is 3.37. The molecule has 0 aliphatic heterocycles. The maximum Gasteiger partial charge on any atom is 0.224 e. The normalized spacial score (nSPS) is 12.2. The van der Waals surface area contributed by atoms with Crippen molar-refractivity contribution in [1.29, 1.82) is 0 Å². The highest BCUT2D eigenvalue weighted by molar-refractivity contribution is 9.09. The lowest BCUT2D eigenvalue weighted by Gasteiger charge is -2.10. The van der Waals surface area contributed by atoms with E-state index in [0.29, 0.717) is 13.2 Å². The van der Waals surface area contributed by atoms with Gasteiger partial charge in [-0.2, -0.15) is 0 Å². The van der Waals surface area contributed by atoms with Crippen molar-refractivity contribution in [3.8, 4) is 0 Å². The largest absolute Gasteiger partial charge is 0.383 e. The van der Waals surface area contributed by atoms with Gasteiger partial charge < -0.3 is 10.1 Å². The zero-order valence-corrected chi connectivity index (χ0v) is 11.2. The molecule has 1 amide bonds. The summed E-state index contributed by atoms with van der Waals surface area (Å²) in [6, 6.07) is 5.91. The molecule has 0 saturated carbocycles. The molecule has 17 heavy (non-hydrogen) atoms. The van der Waals surface area contributed by atoms with E-state index in [0.717, 1.165) is 5.56 Å². The van der Waals surface area contributed by atoms with E-state index in [4.69, 9.17) is 4.74 Å². The highest BCUT2D eigenvalue weighted by Gasteiger charge is 2.07. The number of ether oxygens (including phenoxy) is 1. The topological polar surface area (TPSA) is 38.3 Å². The minimum atomic E-state index is -0.297. The van der Waals surface area contributed by atoms with Crippen LogP contribution in [-0.2, 0) is 16.0 Å². The molecule has 0 saturated heterocycles. The van der Waals surface area contributed by atoms with E-state index in [1.54, 1.807) is 19.2 Å². The molecule has 0 aromatic heterocycles. The zero-order valence-electron chi connectivity index (χ0n) is 9.58. The summed E-state index contributed by atoms with van der Waals surface area (Å²) in [5.74, 6) is -0.382. The Labute approximate surface area is 108 Å². The number of hydrogen-bond donors (Lipinski definition) is 1. The minimum Gasteiger partial charge on any atom is -0.383 e. The zero-order chi connectivity index (χ0) is 12.7. The van der Waals surface area contributed by atoms with Gasteiger partial charge in [-0.15, -0.1) is 0 Å². The molecule has 0 fully saturated rings. The van der Waals surface area contributed by atoms with Crippen molar-refractivity contribution in [1.82, 2.24) is 5.32 Å². The second-order valence-corrected chi connectivity index (χ2v) is 4.95. The van der Waals surface area contributed by atoms with Gasteiger partial charge >= 0.3 is 0 Å². The first-order valence-electron chi connectivity index (χ1n) is 5.26. The molecular formula is C12H15BrFNO2. The molecule has 0 radical (unpaired) electrons. The average Bonchev–Trinajstić information content (AvgIpc) is 2.30. The van der Waals surface area contributed by atoms with Gasteiger partial charge in [-0.05, 0) is 17.7 Å². The first kappa shape index (κ1) is 14.1. The number of benzene rings is 1. The van der Waals surface area contributed by atoms with Crippen molar-refractivity contribution in [2.24, 2.45) is 0 Å². The molecule has 5 heteroatoms. The van der Waals surface area contributed by atoms with Crippen LogP contribution in [0, 0.1) is 5.82 Å². The lowest BCUT2D eigenvalue weighted by Crippen LogP contribution is -2.32. The van der Waals surface area contributed by atoms with Gasteiger partial charge in [-0.25, -0.2) is 4.39 Å². The van der Waals surface area contributed by atoms with E-state index < -0.39 is 0 Å². The second kappa shape index (κ2) is 7.40. The van der Waals surface area contributed by atoms with E-state index in [9.17, 15) is 9.18 Å². The highest BCUT2D eigenvalue weighted by Crippen LogP contribution is 2.04. The molecule has 94 valence electrons. The molecule has 0 spiro atoms. The van der Waals surface area contributed by atoms with Crippen molar-refractivity contribution in [2.75, 3.05) is 20.3 Å². The summed E-state index contributed by atoms with van der Waals surface area (Å²) < 4.78 is 17.6. The van der Waals surface area contributed by atoms with Crippen LogP contribution in [0.1, 0.15) is 5.56 Å². The van der Waals surface area contributed by atoms with Gasteiger partial charge in [0.1, 0.15) is 5.82 Å². The number of amides is 1. The molecule has 0 bridgehead atoms. The molecule has 1 aromatic carbocycles. The SMILES string of the molecule is COCC(Br)CNC(=O)Cc1ccc(F)cc1. The molecular weight excluding hydrogens is 289 g/mol. The summed E-state index contributed by atoms with van der Waals surface area (Å²) in [5.41, 5.74) is 0.793. The molecule has 1 N–H and O–H groups in total. The summed E-state index contributed by atoms with van der Waals surface area (Å²) in [6.45, 7) is 1.05. The van der Waals surface area contributed by atoms with Crippen molar-refractivity contribution in [3.63, 3.8) is 0 Å². The Morgan fingerprint density at radius 3 is 2.71 bits per heavy atom. The van der Waals surface area contributed by atoms with Crippen LogP contribution >= 0.6 is 15.9 Å². The maximum absolute atomic E-state index is 12.6. The van der Waals surface area contributed by atoms with Crippen LogP contribution in [0.2, 0.25) is 0 Å². The molecule has 1 rings (SSSR count). The fraction of sp³-hybridized carbons (Fsp3) is 0.417. The maximum atomic E-state index is 12.6. The average molecular weight is 304 g/mol. The van der Waals surface area contributed by atoms with Gasteiger partial charge in [-0.1, -0.05) is 28.1 Å². The number of halogens is 2. The van der Waals surface area contributed by atoms with E-state index >= 15 is 0 Å². The molecule has 0 aliphatic rings. The van der Waals surface area contributed by atoms with E-state index in [1.165, 1.54) is 12.1 Å². The van der Waals surface area contributed by atoms with Crippen LogP contribution in [0.5, 0.6) is 0 Å². The van der Waals surface area contributed by atoms with E-state index in [1.807, 2.05) is 0 Å². The van der Waals surface area contributed by atoms with Gasteiger partial charge in [0, 0.05) is 13.7 Å². The molecule has 1 aromatic rings. The number of carbonyl (C=O) groups excluding carboxylic acids is 1. The predicted octanol–water partition coefficient (Wildman–Crippen LogP) is 1.89. The third-order valence-corrected chi connectivity index (χ3v) is 2.73. The summed E-state index contributed by atoms with van der Waals surface area (Å²) in [6.07, 6.45) is 0.257. The van der Waals surface area contributed by atoms with Gasteiger partial charge in [-0.3, -0.25) is 4.79 Å². The van der Waals surface area contributed by atoms with E-state index in [-0.39, 0.29) is 23.0 Å². The summed E-state index contributed by atoms with van der Waals surface area (Å²) in [5, 5.41) is 2.77. The Morgan fingerprint density at radius 2 is 2.12 bits per heavy atom. The predicted molar refractivity (Wildman–Crippen MR) is 67.7 cm³/mol. The van der Waals surface area contributed by atoms with Gasteiger partial charge in [0.2, 0.25) is 5.91 Å².